The first-order valence-corrected chi connectivity index (χ1v) is 15.5. The maximum Gasteiger partial charge on any atom is 0.414 e. The van der Waals surface area contributed by atoms with E-state index in [1.165, 1.54) is 30.3 Å². The van der Waals surface area contributed by atoms with Crippen LogP contribution in [-0.4, -0.2) is 86.0 Å². The molecule has 3 fully saturated rings. The van der Waals surface area contributed by atoms with Crippen LogP contribution in [-0.2, 0) is 9.47 Å². The molecule has 1 N–H and O–H groups in total. The van der Waals surface area contributed by atoms with Crippen molar-refractivity contribution in [1.82, 2.24) is 14.2 Å². The summed E-state index contributed by atoms with van der Waals surface area (Å²) >= 11 is 4.09. The van der Waals surface area contributed by atoms with Crippen LogP contribution in [0, 0.1) is 11.6 Å². The highest BCUT2D eigenvalue weighted by molar-refractivity contribution is 7.78. The van der Waals surface area contributed by atoms with Gasteiger partial charge in [-0.1, -0.05) is 12.8 Å². The number of carbonyl (C=O) groups is 3. The summed E-state index contributed by atoms with van der Waals surface area (Å²) in [5.41, 5.74) is 0.885. The summed E-state index contributed by atoms with van der Waals surface area (Å²) in [5, 5.41) is 2.56. The summed E-state index contributed by atoms with van der Waals surface area (Å²) < 4.78 is 44.3. The minimum Gasteiger partial charge on any atom is -0.462 e. The van der Waals surface area contributed by atoms with Crippen molar-refractivity contribution in [2.75, 3.05) is 67.6 Å². The molecule has 1 saturated carbocycles. The molecule has 1 unspecified atom stereocenters. The number of amides is 3. The number of ether oxygens (including phenoxy) is 2. The molecule has 3 aliphatic rings. The van der Waals surface area contributed by atoms with Gasteiger partial charge in [-0.05, 0) is 50.1 Å². The molecule has 1 aromatic heterocycles. The summed E-state index contributed by atoms with van der Waals surface area (Å²) in [6.45, 7) is 3.55. The zero-order valence-corrected chi connectivity index (χ0v) is 26.3. The van der Waals surface area contributed by atoms with E-state index in [1.54, 1.807) is 25.1 Å². The van der Waals surface area contributed by atoms with Gasteiger partial charge in [0.1, 0.15) is 23.3 Å². The van der Waals surface area contributed by atoms with E-state index < -0.39 is 41.3 Å². The van der Waals surface area contributed by atoms with Crippen LogP contribution in [0.1, 0.15) is 36.2 Å². The number of rotatable bonds is 8. The molecule has 15 heteroatoms. The van der Waals surface area contributed by atoms with Gasteiger partial charge in [0.25, 0.3) is 0 Å². The van der Waals surface area contributed by atoms with Crippen LogP contribution >= 0.6 is 12.8 Å². The number of carbonyl (C=O) groups excluding carboxylic acids is 3. The fraction of sp³-hybridized carbons (Fsp3) is 0.419. The number of benzene rings is 2. The van der Waals surface area contributed by atoms with Crippen LogP contribution < -0.4 is 25.4 Å². The minimum absolute atomic E-state index is 0.0565. The summed E-state index contributed by atoms with van der Waals surface area (Å²) in [5.74, 6) is -1.83. The van der Waals surface area contributed by atoms with Gasteiger partial charge in [-0.15, -0.1) is 0 Å². The summed E-state index contributed by atoms with van der Waals surface area (Å²) in [6.07, 6.45) is 2.02. The Labute approximate surface area is 269 Å². The number of nitrogens with zero attached hydrogens (tertiary/aromatic N) is 5. The second kappa shape index (κ2) is 12.7. The third-order valence-electron chi connectivity index (χ3n) is 8.44. The number of piperazine rings is 1. The van der Waals surface area contributed by atoms with Crippen LogP contribution in [0.5, 0.6) is 0 Å². The first-order valence-electron chi connectivity index (χ1n) is 15.1. The largest absolute Gasteiger partial charge is 0.462 e. The maximum absolute atomic E-state index is 15.5. The number of halogens is 2. The molecule has 0 bridgehead atoms. The lowest BCUT2D eigenvalue weighted by Crippen LogP contribution is -2.47. The van der Waals surface area contributed by atoms with Gasteiger partial charge in [0, 0.05) is 50.9 Å². The van der Waals surface area contributed by atoms with Crippen molar-refractivity contribution < 1.29 is 32.6 Å². The molecule has 2 saturated heterocycles. The average Bonchev–Trinajstić information content (AvgIpc) is 3.82. The molecule has 6 rings (SSSR count). The Balaban J connectivity index is 1.16. The van der Waals surface area contributed by atoms with Crippen LogP contribution in [0.3, 0.4) is 0 Å². The predicted octanol–water partition coefficient (Wildman–Crippen LogP) is 3.93. The van der Waals surface area contributed by atoms with Gasteiger partial charge in [0.15, 0.2) is 0 Å². The number of esters is 1. The standard InChI is InChI=1S/C31H34F2N6O6S/c1-3-44-29(41)22-17-37(18-4-5-18)26-14-27(24(33)13-21(26)28(22)40)36-10-8-35(9-11-36)25-7-6-19(12-23(25)32)38-15-20(45-31(38)43)16-39(46)30(42)34-2/h6-7,12-14,17-18,20,46H,3-5,8-11,15-16H2,1-2H3,(H,34,42). The van der Waals surface area contributed by atoms with E-state index >= 15 is 8.78 Å². The van der Waals surface area contributed by atoms with Gasteiger partial charge >= 0.3 is 18.1 Å². The van der Waals surface area contributed by atoms with Crippen molar-refractivity contribution in [3.63, 3.8) is 0 Å². The molecule has 12 nitrogen and oxygen atoms in total. The van der Waals surface area contributed by atoms with E-state index in [9.17, 15) is 19.2 Å². The number of nitrogens with one attached hydrogen (secondary N) is 1. The second-order valence-electron chi connectivity index (χ2n) is 11.4. The van der Waals surface area contributed by atoms with Crippen molar-refractivity contribution in [2.45, 2.75) is 31.9 Å². The summed E-state index contributed by atoms with van der Waals surface area (Å²) in [4.78, 5) is 54.8. The van der Waals surface area contributed by atoms with Gasteiger partial charge in [-0.2, -0.15) is 0 Å². The van der Waals surface area contributed by atoms with Gasteiger partial charge in [-0.3, -0.25) is 14.0 Å². The molecule has 0 spiro atoms. The first-order chi connectivity index (χ1) is 22.1. The zero-order valence-electron chi connectivity index (χ0n) is 25.4. The summed E-state index contributed by atoms with van der Waals surface area (Å²) in [7, 11) is 1.46. The Morgan fingerprint density at radius 3 is 2.35 bits per heavy atom. The molecular weight excluding hydrogens is 622 g/mol. The number of pyridine rings is 1. The lowest BCUT2D eigenvalue weighted by Gasteiger charge is -2.37. The fourth-order valence-electron chi connectivity index (χ4n) is 5.95. The Bertz CT molecular complexity index is 1760. The Morgan fingerprint density at radius 1 is 1.04 bits per heavy atom. The molecule has 1 aliphatic carbocycles. The average molecular weight is 657 g/mol. The molecular formula is C31H34F2N6O6S. The Morgan fingerprint density at radius 2 is 1.72 bits per heavy atom. The van der Waals surface area contributed by atoms with Crippen molar-refractivity contribution >= 4 is 58.9 Å². The first kappa shape index (κ1) is 31.5. The van der Waals surface area contributed by atoms with E-state index in [0.717, 1.165) is 17.1 Å². The van der Waals surface area contributed by atoms with E-state index in [2.05, 4.69) is 18.1 Å². The Kier molecular flexibility index (Phi) is 8.68. The molecule has 2 aromatic carbocycles. The number of aromatic nitrogens is 1. The van der Waals surface area contributed by atoms with E-state index in [1.807, 2.05) is 14.4 Å². The fourth-order valence-corrected chi connectivity index (χ4v) is 6.23. The minimum atomic E-state index is -0.725. The number of urea groups is 1. The number of fused-ring (bicyclic) bond motifs is 1. The van der Waals surface area contributed by atoms with Gasteiger partial charge < -0.3 is 29.2 Å². The topological polar surface area (TPSA) is 117 Å². The SMILES string of the molecule is CCOC(=O)c1cn(C2CC2)c2cc(N3CCN(c4ccc(N5CC(CN(S)C(=O)NC)OC5=O)cc4F)CC3)c(F)cc2c1=O. The molecule has 3 aromatic rings. The number of anilines is 3. The smallest absolute Gasteiger partial charge is 0.414 e. The highest BCUT2D eigenvalue weighted by Gasteiger charge is 2.35. The van der Waals surface area contributed by atoms with Crippen LogP contribution in [0.2, 0.25) is 0 Å². The van der Waals surface area contributed by atoms with Crippen molar-refractivity contribution in [1.29, 1.82) is 0 Å². The van der Waals surface area contributed by atoms with Gasteiger partial charge in [0.2, 0.25) is 5.43 Å². The molecule has 1 atom stereocenters. The van der Waals surface area contributed by atoms with Crippen LogP contribution in [0.15, 0.2) is 41.3 Å². The molecule has 2 aliphatic heterocycles. The number of hydrogen-bond donors (Lipinski definition) is 2. The van der Waals surface area contributed by atoms with Crippen molar-refractivity contribution in [3.8, 4) is 0 Å². The molecule has 46 heavy (non-hydrogen) atoms. The van der Waals surface area contributed by atoms with E-state index in [-0.39, 0.29) is 36.7 Å². The van der Waals surface area contributed by atoms with Gasteiger partial charge in [-0.25, -0.2) is 23.2 Å². The quantitative estimate of drug-likeness (QED) is 0.277. The van der Waals surface area contributed by atoms with Crippen LogP contribution in [0.4, 0.5) is 35.4 Å². The second-order valence-corrected chi connectivity index (χ2v) is 11.9. The van der Waals surface area contributed by atoms with E-state index in [4.69, 9.17) is 9.47 Å². The van der Waals surface area contributed by atoms with Crippen molar-refractivity contribution in [3.05, 3.63) is 63.9 Å². The van der Waals surface area contributed by atoms with Crippen molar-refractivity contribution in [2.24, 2.45) is 0 Å². The van der Waals surface area contributed by atoms with Gasteiger partial charge in [0.05, 0.1) is 42.3 Å². The lowest BCUT2D eigenvalue weighted by atomic mass is 10.1. The number of thiol groups is 1. The maximum atomic E-state index is 15.5. The number of hydrogen-bond acceptors (Lipinski definition) is 9. The normalized spacial score (nSPS) is 18.2. The third kappa shape index (κ3) is 6.02. The summed E-state index contributed by atoms with van der Waals surface area (Å²) in [6, 6.07) is 7.03. The zero-order chi connectivity index (χ0) is 32.7. The predicted molar refractivity (Wildman–Crippen MR) is 171 cm³/mol. The molecule has 244 valence electrons. The third-order valence-corrected chi connectivity index (χ3v) is 8.78. The molecule has 0 radical (unpaired) electrons. The monoisotopic (exact) mass is 656 g/mol. The molecule has 3 amide bonds. The van der Waals surface area contributed by atoms with E-state index in [0.29, 0.717) is 48.8 Å². The number of cyclic esters (lactones) is 1. The highest BCUT2D eigenvalue weighted by Crippen LogP contribution is 2.38. The highest BCUT2D eigenvalue weighted by atomic mass is 32.1. The molecule has 3 heterocycles. The Hall–Kier alpha value is -4.53. The van der Waals surface area contributed by atoms with Crippen LogP contribution in [0.25, 0.3) is 10.9 Å². The lowest BCUT2D eigenvalue weighted by molar-refractivity contribution is 0.0524.